The van der Waals surface area contributed by atoms with Crippen molar-refractivity contribution in [2.24, 2.45) is 0 Å². The maximum Gasteiger partial charge on any atom is 0.231 e. The van der Waals surface area contributed by atoms with Gasteiger partial charge in [-0.25, -0.2) is 4.98 Å². The van der Waals surface area contributed by atoms with E-state index in [4.69, 9.17) is 25.8 Å². The number of hydrogen-bond donors (Lipinski definition) is 1. The van der Waals surface area contributed by atoms with Gasteiger partial charge in [0.2, 0.25) is 11.9 Å². The minimum absolute atomic E-state index is 0.0509. The number of ketones is 1. The predicted molar refractivity (Wildman–Crippen MR) is 101 cm³/mol. The highest BCUT2D eigenvalue weighted by atomic mass is 35.5. The van der Waals surface area contributed by atoms with Crippen molar-refractivity contribution in [1.29, 1.82) is 0 Å². The quantitative estimate of drug-likeness (QED) is 0.494. The molecule has 138 valence electrons. The Morgan fingerprint density at radius 2 is 2.11 bits per heavy atom. The van der Waals surface area contributed by atoms with Crippen LogP contribution in [0.2, 0.25) is 5.02 Å². The Balaban J connectivity index is 1.46. The molecule has 1 aliphatic rings. The third kappa shape index (κ3) is 3.72. The highest BCUT2D eigenvalue weighted by molar-refractivity contribution is 7.99. The second-order valence-corrected chi connectivity index (χ2v) is 6.97. The maximum atomic E-state index is 12.4. The number of aromatic nitrogens is 3. The first kappa shape index (κ1) is 17.7. The van der Waals surface area contributed by atoms with Crippen LogP contribution in [0.5, 0.6) is 17.2 Å². The van der Waals surface area contributed by atoms with Crippen LogP contribution in [0.4, 0.5) is 0 Å². The third-order valence-corrected chi connectivity index (χ3v) is 4.99. The molecular weight excluding hydrogens is 390 g/mol. The van der Waals surface area contributed by atoms with Crippen molar-refractivity contribution in [1.82, 2.24) is 15.2 Å². The van der Waals surface area contributed by atoms with Crippen LogP contribution >= 0.6 is 23.4 Å². The van der Waals surface area contributed by atoms with Crippen LogP contribution in [-0.4, -0.2) is 40.6 Å². The number of ether oxygens (including phenoxy) is 3. The maximum absolute atomic E-state index is 12.4. The summed E-state index contributed by atoms with van der Waals surface area (Å²) < 4.78 is 15.9. The fourth-order valence-electron chi connectivity index (χ4n) is 2.58. The highest BCUT2D eigenvalue weighted by Crippen LogP contribution is 2.33. The van der Waals surface area contributed by atoms with Gasteiger partial charge >= 0.3 is 0 Å². The van der Waals surface area contributed by atoms with Crippen LogP contribution in [0.25, 0.3) is 11.4 Å². The number of nitrogens with zero attached hydrogens (tertiary/aromatic N) is 2. The lowest BCUT2D eigenvalue weighted by molar-refractivity contribution is 0.102. The summed E-state index contributed by atoms with van der Waals surface area (Å²) in [5.41, 5.74) is 1.26. The Morgan fingerprint density at radius 3 is 2.96 bits per heavy atom. The molecule has 0 amide bonds. The van der Waals surface area contributed by atoms with Crippen molar-refractivity contribution in [3.63, 3.8) is 0 Å². The molecule has 4 rings (SSSR count). The Morgan fingerprint density at radius 1 is 1.26 bits per heavy atom. The average molecular weight is 404 g/mol. The first-order valence-corrected chi connectivity index (χ1v) is 9.32. The van der Waals surface area contributed by atoms with E-state index in [0.29, 0.717) is 44.4 Å². The monoisotopic (exact) mass is 403 g/mol. The van der Waals surface area contributed by atoms with Gasteiger partial charge in [-0.3, -0.25) is 9.89 Å². The molecule has 0 aliphatic carbocycles. The van der Waals surface area contributed by atoms with Gasteiger partial charge in [0.1, 0.15) is 5.75 Å². The Labute approximate surface area is 164 Å². The van der Waals surface area contributed by atoms with Gasteiger partial charge in [-0.1, -0.05) is 23.4 Å². The molecule has 3 aromatic rings. The summed E-state index contributed by atoms with van der Waals surface area (Å²) >= 11 is 7.30. The van der Waals surface area contributed by atoms with Gasteiger partial charge in [-0.15, -0.1) is 5.10 Å². The molecule has 2 heterocycles. The number of Topliss-reactive ketones (excluding diaryl/α,β-unsaturated/α-hetero) is 1. The topological polar surface area (TPSA) is 86.3 Å². The second kappa shape index (κ2) is 7.50. The van der Waals surface area contributed by atoms with E-state index in [0.717, 1.165) is 0 Å². The third-order valence-electron chi connectivity index (χ3n) is 3.91. The molecule has 1 N–H and O–H groups in total. The largest absolute Gasteiger partial charge is 0.496 e. The van der Waals surface area contributed by atoms with E-state index < -0.39 is 0 Å². The SMILES string of the molecule is COc1ccc(Cl)cc1-c1nc(SCC(=O)c2ccc3c(c2)OCO3)n[nH]1. The number of hydrogen-bond acceptors (Lipinski definition) is 7. The number of rotatable bonds is 6. The molecule has 0 radical (unpaired) electrons. The molecule has 27 heavy (non-hydrogen) atoms. The summed E-state index contributed by atoms with van der Waals surface area (Å²) in [6.07, 6.45) is 0. The molecule has 7 nitrogen and oxygen atoms in total. The molecule has 0 spiro atoms. The summed E-state index contributed by atoms with van der Waals surface area (Å²) in [7, 11) is 1.57. The van der Waals surface area contributed by atoms with Gasteiger partial charge in [-0.05, 0) is 36.4 Å². The first-order valence-electron chi connectivity index (χ1n) is 7.96. The lowest BCUT2D eigenvalue weighted by atomic mass is 10.1. The van der Waals surface area contributed by atoms with Crippen LogP contribution < -0.4 is 14.2 Å². The van der Waals surface area contributed by atoms with Gasteiger partial charge in [0, 0.05) is 10.6 Å². The molecule has 0 fully saturated rings. The standard InChI is InChI=1S/C18H14ClN3O4S/c1-24-14-5-3-11(19)7-12(14)17-20-18(22-21-17)27-8-13(23)10-2-4-15-16(6-10)26-9-25-15/h2-7H,8-9H2,1H3,(H,20,21,22). The van der Waals surface area contributed by atoms with Crippen molar-refractivity contribution in [2.75, 3.05) is 19.7 Å². The van der Waals surface area contributed by atoms with Gasteiger partial charge in [-0.2, -0.15) is 0 Å². The molecule has 0 atom stereocenters. The summed E-state index contributed by atoms with van der Waals surface area (Å²) in [6.45, 7) is 0.175. The average Bonchev–Trinajstić information content (AvgIpc) is 3.34. The fraction of sp³-hybridized carbons (Fsp3) is 0.167. The summed E-state index contributed by atoms with van der Waals surface area (Å²) in [6, 6.07) is 10.4. The first-order chi connectivity index (χ1) is 13.1. The number of aromatic amines is 1. The smallest absolute Gasteiger partial charge is 0.231 e. The van der Waals surface area contributed by atoms with Crippen molar-refractivity contribution in [2.45, 2.75) is 5.16 Å². The zero-order valence-corrected chi connectivity index (χ0v) is 15.8. The van der Waals surface area contributed by atoms with Crippen LogP contribution in [0.3, 0.4) is 0 Å². The molecule has 0 saturated heterocycles. The van der Waals surface area contributed by atoms with Crippen molar-refractivity contribution in [3.05, 3.63) is 47.0 Å². The number of halogens is 1. The van der Waals surface area contributed by atoms with E-state index in [1.54, 1.807) is 43.5 Å². The molecule has 1 aromatic heterocycles. The van der Waals surface area contributed by atoms with Gasteiger partial charge in [0.15, 0.2) is 23.1 Å². The van der Waals surface area contributed by atoms with E-state index in [-0.39, 0.29) is 18.3 Å². The van der Waals surface area contributed by atoms with E-state index in [9.17, 15) is 4.79 Å². The highest BCUT2D eigenvalue weighted by Gasteiger charge is 2.17. The number of thioether (sulfide) groups is 1. The lowest BCUT2D eigenvalue weighted by Gasteiger charge is -2.05. The molecular formula is C18H14ClN3O4S. The lowest BCUT2D eigenvalue weighted by Crippen LogP contribution is -2.02. The number of methoxy groups -OCH3 is 1. The minimum atomic E-state index is -0.0509. The van der Waals surface area contributed by atoms with Crippen LogP contribution in [0.1, 0.15) is 10.4 Å². The van der Waals surface area contributed by atoms with E-state index in [1.807, 2.05) is 0 Å². The molecule has 0 saturated carbocycles. The van der Waals surface area contributed by atoms with Crippen molar-refractivity contribution >= 4 is 29.1 Å². The number of benzene rings is 2. The second-order valence-electron chi connectivity index (χ2n) is 5.59. The van der Waals surface area contributed by atoms with Crippen LogP contribution in [0, 0.1) is 0 Å². The number of carbonyl (C=O) groups excluding carboxylic acids is 1. The summed E-state index contributed by atoms with van der Waals surface area (Å²) in [4.78, 5) is 16.8. The van der Waals surface area contributed by atoms with E-state index in [2.05, 4.69) is 15.2 Å². The summed E-state index contributed by atoms with van der Waals surface area (Å²) in [5, 5.41) is 8.03. The van der Waals surface area contributed by atoms with Gasteiger partial charge < -0.3 is 14.2 Å². The van der Waals surface area contributed by atoms with Crippen molar-refractivity contribution in [3.8, 4) is 28.6 Å². The molecule has 0 bridgehead atoms. The zero-order chi connectivity index (χ0) is 18.8. The Kier molecular flexibility index (Phi) is 4.91. The van der Waals surface area contributed by atoms with Gasteiger partial charge in [0.05, 0.1) is 18.4 Å². The Hall–Kier alpha value is -2.71. The zero-order valence-electron chi connectivity index (χ0n) is 14.2. The molecule has 0 unspecified atom stereocenters. The van der Waals surface area contributed by atoms with E-state index >= 15 is 0 Å². The molecule has 1 aliphatic heterocycles. The Bertz CT molecular complexity index is 1010. The van der Waals surface area contributed by atoms with E-state index in [1.165, 1.54) is 11.8 Å². The fourth-order valence-corrected chi connectivity index (χ4v) is 3.45. The van der Waals surface area contributed by atoms with Gasteiger partial charge in [0.25, 0.3) is 0 Å². The minimum Gasteiger partial charge on any atom is -0.496 e. The van der Waals surface area contributed by atoms with Crippen LogP contribution in [0.15, 0.2) is 41.6 Å². The van der Waals surface area contributed by atoms with Crippen molar-refractivity contribution < 1.29 is 19.0 Å². The summed E-state index contributed by atoms with van der Waals surface area (Å²) in [5.74, 6) is 2.53. The number of fused-ring (bicyclic) bond motifs is 1. The number of H-pyrrole nitrogens is 1. The molecule has 9 heteroatoms. The number of carbonyl (C=O) groups is 1. The van der Waals surface area contributed by atoms with Crippen LogP contribution in [-0.2, 0) is 0 Å². The predicted octanol–water partition coefficient (Wildman–Crippen LogP) is 3.84. The normalized spacial score (nSPS) is 12.2. The molecule has 2 aromatic carbocycles. The number of nitrogens with one attached hydrogen (secondary N) is 1.